The number of hydrogen-bond donors (Lipinski definition) is 0. The summed E-state index contributed by atoms with van der Waals surface area (Å²) in [5.74, 6) is 0. The average molecular weight is 1070 g/mol. The summed E-state index contributed by atoms with van der Waals surface area (Å²) in [6.07, 6.45) is 11.4. The van der Waals surface area contributed by atoms with Crippen molar-refractivity contribution in [2.24, 2.45) is 0 Å². The lowest BCUT2D eigenvalue weighted by Gasteiger charge is -2.13. The molecule has 4 aromatic heterocycles. The molecule has 0 aliphatic carbocycles. The van der Waals surface area contributed by atoms with Gasteiger partial charge >= 0.3 is 0 Å². The summed E-state index contributed by atoms with van der Waals surface area (Å²) in [4.78, 5) is 5.12. The number of aromatic nitrogens is 4. The molecule has 0 radical (unpaired) electrons. The first kappa shape index (κ1) is 51.6. The van der Waals surface area contributed by atoms with E-state index in [1.54, 1.807) is 0 Å². The van der Waals surface area contributed by atoms with Crippen LogP contribution in [0.5, 0.6) is 0 Å². The van der Waals surface area contributed by atoms with E-state index in [2.05, 4.69) is 283 Å². The van der Waals surface area contributed by atoms with Crippen molar-refractivity contribution < 1.29 is 0 Å². The zero-order valence-electron chi connectivity index (χ0n) is 47.8. The molecule has 4 heterocycles. The molecule has 404 valence electrons. The zero-order chi connectivity index (χ0) is 55.8. The maximum absolute atomic E-state index is 5.12. The van der Waals surface area contributed by atoms with Crippen molar-refractivity contribution in [1.82, 2.24) is 18.7 Å². The van der Waals surface area contributed by atoms with Gasteiger partial charge in [0, 0.05) is 96.2 Å². The molecular formula is C79H68N4. The second-order valence-electron chi connectivity index (χ2n) is 22.6. The van der Waals surface area contributed by atoms with Gasteiger partial charge in [0.25, 0.3) is 0 Å². The molecule has 0 aliphatic rings. The molecular weight excluding hydrogens is 1000 g/mol. The summed E-state index contributed by atoms with van der Waals surface area (Å²) in [5, 5.41) is 7.81. The summed E-state index contributed by atoms with van der Waals surface area (Å²) in [6, 6.07) is 88.1. The molecule has 0 atom stereocenters. The van der Waals surface area contributed by atoms with Crippen molar-refractivity contribution in [1.29, 1.82) is 0 Å². The highest BCUT2D eigenvalue weighted by Gasteiger charge is 2.18. The van der Waals surface area contributed by atoms with Gasteiger partial charge in [-0.05, 0) is 166 Å². The first-order chi connectivity index (χ1) is 41.0. The molecule has 0 spiro atoms. The van der Waals surface area contributed by atoms with Gasteiger partial charge in [0.2, 0.25) is 0 Å². The third-order valence-electron chi connectivity index (χ3n) is 17.2. The zero-order valence-corrected chi connectivity index (χ0v) is 47.8. The van der Waals surface area contributed by atoms with Crippen LogP contribution in [0.4, 0.5) is 0 Å². The second-order valence-corrected chi connectivity index (χ2v) is 22.6. The molecule has 10 aromatic carbocycles. The Kier molecular flexibility index (Phi) is 14.0. The second kappa shape index (κ2) is 22.4. The first-order valence-corrected chi connectivity index (χ1v) is 30.2. The Bertz CT molecular complexity index is 4520. The Labute approximate surface area is 487 Å². The fraction of sp³-hybridized carbons (Fsp3) is 0.152. The fourth-order valence-electron chi connectivity index (χ4n) is 12.9. The van der Waals surface area contributed by atoms with Gasteiger partial charge in [-0.1, -0.05) is 198 Å². The Morgan fingerprint density at radius 1 is 0.265 bits per heavy atom. The van der Waals surface area contributed by atoms with Gasteiger partial charge in [-0.2, -0.15) is 0 Å². The highest BCUT2D eigenvalue weighted by molar-refractivity contribution is 6.12. The van der Waals surface area contributed by atoms with E-state index in [1.165, 1.54) is 104 Å². The smallest absolute Gasteiger partial charge is 0.0715 e. The number of rotatable bonds is 17. The van der Waals surface area contributed by atoms with Crippen molar-refractivity contribution in [3.05, 3.63) is 248 Å². The minimum atomic E-state index is 0.967. The highest BCUT2D eigenvalue weighted by Crippen LogP contribution is 2.41. The van der Waals surface area contributed by atoms with Gasteiger partial charge in [0.15, 0.2) is 0 Å². The number of hydrogen-bond acceptors (Lipinski definition) is 1. The molecule has 14 rings (SSSR count). The summed E-state index contributed by atoms with van der Waals surface area (Å²) in [5.41, 5.74) is 23.9. The van der Waals surface area contributed by atoms with E-state index in [0.717, 1.165) is 97.4 Å². The van der Waals surface area contributed by atoms with Crippen LogP contribution in [0.3, 0.4) is 0 Å². The van der Waals surface area contributed by atoms with Gasteiger partial charge in [-0.25, -0.2) is 4.98 Å². The molecule has 0 saturated heterocycles. The molecule has 14 aromatic rings. The fourth-order valence-corrected chi connectivity index (χ4v) is 12.9. The quantitative estimate of drug-likeness (QED) is 0.0835. The summed E-state index contributed by atoms with van der Waals surface area (Å²) in [7, 11) is 0. The van der Waals surface area contributed by atoms with Crippen molar-refractivity contribution in [3.63, 3.8) is 0 Å². The van der Waals surface area contributed by atoms with Gasteiger partial charge in [-0.15, -0.1) is 0 Å². The molecule has 83 heavy (non-hydrogen) atoms. The van der Waals surface area contributed by atoms with Crippen molar-refractivity contribution in [2.75, 3.05) is 0 Å². The largest absolute Gasteiger partial charge is 0.340 e. The van der Waals surface area contributed by atoms with Crippen molar-refractivity contribution in [3.8, 4) is 67.0 Å². The molecule has 4 nitrogen and oxygen atoms in total. The van der Waals surface area contributed by atoms with E-state index in [1.807, 2.05) is 0 Å². The van der Waals surface area contributed by atoms with E-state index in [4.69, 9.17) is 4.98 Å². The molecule has 0 aliphatic heterocycles. The number of pyridine rings is 1. The number of para-hydroxylation sites is 2. The van der Waals surface area contributed by atoms with Crippen LogP contribution in [0.25, 0.3) is 145 Å². The monoisotopic (exact) mass is 1070 g/mol. The van der Waals surface area contributed by atoms with Crippen molar-refractivity contribution in [2.45, 2.75) is 78.9 Å². The predicted molar refractivity (Wildman–Crippen MR) is 356 cm³/mol. The number of unbranched alkanes of at least 4 members (excludes halogenated alkanes) is 3. The lowest BCUT2D eigenvalue weighted by atomic mass is 9.92. The summed E-state index contributed by atoms with van der Waals surface area (Å²) in [6.45, 7) is 9.86. The third kappa shape index (κ3) is 9.82. The van der Waals surface area contributed by atoms with E-state index < -0.39 is 0 Å². The van der Waals surface area contributed by atoms with Crippen LogP contribution in [0, 0.1) is 0 Å². The lowest BCUT2D eigenvalue weighted by Crippen LogP contribution is -1.97. The standard InChI is InChI=1S/C79H68N4/c1-4-7-42-81-74-26-18-16-24-66(74)69-49-59(35-39-77(69)81)62-46-63(60-36-40-78-70(50-60)67-25-17-19-27-75(67)82(78)43-8-5-2)48-64(47-62)61-37-41-79-71(51-61)68-45-55(32-38-76(68)83(79)44-9-6-3)29-28-54-30-33-56(34-31-54)65-52-72(57-20-12-10-13-21-57)80-73(53-65)58-22-14-11-15-23-58/h10-41,45-53H,4-9,42-44H2,1-3H3/b29-28+. The van der Waals surface area contributed by atoms with Crippen LogP contribution in [0.15, 0.2) is 237 Å². The molecule has 0 unspecified atom stereocenters. The van der Waals surface area contributed by atoms with Crippen LogP contribution >= 0.6 is 0 Å². The number of nitrogens with zero attached hydrogens (tertiary/aromatic N) is 4. The van der Waals surface area contributed by atoms with E-state index >= 15 is 0 Å². The maximum Gasteiger partial charge on any atom is 0.0715 e. The molecule has 0 fully saturated rings. The molecule has 0 saturated carbocycles. The van der Waals surface area contributed by atoms with Crippen LogP contribution in [0.2, 0.25) is 0 Å². The van der Waals surface area contributed by atoms with E-state index in [9.17, 15) is 0 Å². The summed E-state index contributed by atoms with van der Waals surface area (Å²) >= 11 is 0. The number of benzene rings is 10. The molecule has 4 heteroatoms. The third-order valence-corrected chi connectivity index (χ3v) is 17.2. The SMILES string of the molecule is CCCCn1c2ccccc2c2cc(-c3cc(-c4ccc5c(c4)c4ccccc4n5CCCC)cc(-c4ccc5c(c4)c4cc(/C=C/c6ccc(-c7cc(-c8ccccc8)nc(-c8ccccc8)c7)cc6)ccc4n5CCCC)c3)ccc21. The van der Waals surface area contributed by atoms with Crippen LogP contribution in [0.1, 0.15) is 70.4 Å². The topological polar surface area (TPSA) is 27.7 Å². The van der Waals surface area contributed by atoms with Crippen LogP contribution in [-0.4, -0.2) is 18.7 Å². The normalized spacial score (nSPS) is 11.9. The van der Waals surface area contributed by atoms with Gasteiger partial charge in [0.1, 0.15) is 0 Å². The number of aryl methyl sites for hydroxylation is 3. The van der Waals surface area contributed by atoms with Gasteiger partial charge in [-0.3, -0.25) is 0 Å². The first-order valence-electron chi connectivity index (χ1n) is 30.2. The predicted octanol–water partition coefficient (Wildman–Crippen LogP) is 22.0. The van der Waals surface area contributed by atoms with Crippen LogP contribution < -0.4 is 0 Å². The molecule has 0 amide bonds. The average Bonchev–Trinajstić information content (AvgIpc) is 4.28. The highest BCUT2D eigenvalue weighted by atomic mass is 15.0. The minimum Gasteiger partial charge on any atom is -0.340 e. The Morgan fingerprint density at radius 3 is 1.05 bits per heavy atom. The Morgan fingerprint density at radius 2 is 0.602 bits per heavy atom. The van der Waals surface area contributed by atoms with Gasteiger partial charge in [0.05, 0.1) is 11.4 Å². The molecule has 0 N–H and O–H groups in total. The van der Waals surface area contributed by atoms with E-state index in [0.29, 0.717) is 0 Å². The maximum atomic E-state index is 5.12. The minimum absolute atomic E-state index is 0.967. The lowest BCUT2D eigenvalue weighted by molar-refractivity contribution is 0.665. The van der Waals surface area contributed by atoms with Crippen molar-refractivity contribution >= 4 is 77.6 Å². The Balaban J connectivity index is 0.861. The summed E-state index contributed by atoms with van der Waals surface area (Å²) < 4.78 is 7.61. The van der Waals surface area contributed by atoms with Crippen LogP contribution in [-0.2, 0) is 19.6 Å². The Hall–Kier alpha value is -9.51. The van der Waals surface area contributed by atoms with E-state index in [-0.39, 0.29) is 0 Å². The van der Waals surface area contributed by atoms with Gasteiger partial charge < -0.3 is 13.7 Å². The number of fused-ring (bicyclic) bond motifs is 9. The molecule has 0 bridgehead atoms.